The standard InChI is InChI=1S/C12H18N2O4S2/c1-14(2)20(16,17)8-10-5-18-6-11(10)13-12(15)9-3-4-19-7-9/h3-4,7,10-11H,5-6,8H2,1-2H3,(H,13,15)/t10-,11+/m0/s1. The molecule has 0 bridgehead atoms. The third-order valence-corrected chi connectivity index (χ3v) is 5.92. The zero-order valence-electron chi connectivity index (χ0n) is 11.4. The van der Waals surface area contributed by atoms with Gasteiger partial charge in [0.05, 0.1) is 25.0 Å². The van der Waals surface area contributed by atoms with Gasteiger partial charge in [0.15, 0.2) is 0 Å². The van der Waals surface area contributed by atoms with Gasteiger partial charge in [-0.15, -0.1) is 0 Å². The summed E-state index contributed by atoms with van der Waals surface area (Å²) in [6.07, 6.45) is 0. The third kappa shape index (κ3) is 3.57. The van der Waals surface area contributed by atoms with Crippen molar-refractivity contribution in [1.82, 2.24) is 9.62 Å². The van der Waals surface area contributed by atoms with E-state index in [1.165, 1.54) is 29.7 Å². The largest absolute Gasteiger partial charge is 0.379 e. The van der Waals surface area contributed by atoms with Gasteiger partial charge in [0, 0.05) is 31.0 Å². The lowest BCUT2D eigenvalue weighted by atomic mass is 10.1. The molecule has 1 amide bonds. The number of rotatable bonds is 5. The minimum Gasteiger partial charge on any atom is -0.379 e. The van der Waals surface area contributed by atoms with Crippen LogP contribution < -0.4 is 5.32 Å². The summed E-state index contributed by atoms with van der Waals surface area (Å²) in [7, 11) is -0.292. The molecular formula is C12H18N2O4S2. The Hall–Kier alpha value is -0.960. The van der Waals surface area contributed by atoms with E-state index >= 15 is 0 Å². The number of hydrogen-bond donors (Lipinski definition) is 1. The smallest absolute Gasteiger partial charge is 0.252 e. The Morgan fingerprint density at radius 3 is 2.85 bits per heavy atom. The summed E-state index contributed by atoms with van der Waals surface area (Å²) in [6, 6.07) is 1.47. The van der Waals surface area contributed by atoms with Gasteiger partial charge in [-0.1, -0.05) is 0 Å². The zero-order valence-corrected chi connectivity index (χ0v) is 13.0. The van der Waals surface area contributed by atoms with Crippen molar-refractivity contribution < 1.29 is 17.9 Å². The summed E-state index contributed by atoms with van der Waals surface area (Å²) in [4.78, 5) is 12.0. The van der Waals surface area contributed by atoms with E-state index in [0.717, 1.165) is 0 Å². The molecule has 112 valence electrons. The quantitative estimate of drug-likeness (QED) is 0.852. The zero-order chi connectivity index (χ0) is 14.8. The summed E-state index contributed by atoms with van der Waals surface area (Å²) < 4.78 is 30.3. The maximum Gasteiger partial charge on any atom is 0.252 e. The Morgan fingerprint density at radius 2 is 2.25 bits per heavy atom. The maximum atomic E-state index is 12.0. The van der Waals surface area contributed by atoms with Gasteiger partial charge in [0.2, 0.25) is 10.0 Å². The SMILES string of the molecule is CN(C)S(=O)(=O)C[C@@H]1COC[C@H]1NC(=O)c1ccsc1. The topological polar surface area (TPSA) is 75.7 Å². The molecule has 1 N–H and O–H groups in total. The lowest BCUT2D eigenvalue weighted by Gasteiger charge is -2.20. The highest BCUT2D eigenvalue weighted by atomic mass is 32.2. The van der Waals surface area contributed by atoms with Crippen LogP contribution in [0.2, 0.25) is 0 Å². The number of carbonyl (C=O) groups excluding carboxylic acids is 1. The van der Waals surface area contributed by atoms with Crippen molar-refractivity contribution in [1.29, 1.82) is 0 Å². The van der Waals surface area contributed by atoms with Crippen LogP contribution in [0.25, 0.3) is 0 Å². The number of sulfonamides is 1. The highest BCUT2D eigenvalue weighted by Gasteiger charge is 2.34. The van der Waals surface area contributed by atoms with Gasteiger partial charge < -0.3 is 10.1 Å². The first-order valence-electron chi connectivity index (χ1n) is 6.21. The summed E-state index contributed by atoms with van der Waals surface area (Å²) in [5.41, 5.74) is 0.594. The van der Waals surface area contributed by atoms with E-state index in [4.69, 9.17) is 4.74 Å². The van der Waals surface area contributed by atoms with Crippen molar-refractivity contribution >= 4 is 27.3 Å². The first-order chi connectivity index (χ1) is 9.40. The highest BCUT2D eigenvalue weighted by Crippen LogP contribution is 2.18. The lowest BCUT2D eigenvalue weighted by Crippen LogP contribution is -2.43. The van der Waals surface area contributed by atoms with Crippen molar-refractivity contribution in [3.8, 4) is 0 Å². The molecule has 2 atom stereocenters. The van der Waals surface area contributed by atoms with Gasteiger partial charge in [0.1, 0.15) is 0 Å². The molecule has 1 fully saturated rings. The van der Waals surface area contributed by atoms with E-state index in [2.05, 4.69) is 5.32 Å². The lowest BCUT2D eigenvalue weighted by molar-refractivity contribution is 0.0926. The normalized spacial score (nSPS) is 23.1. The molecule has 0 radical (unpaired) electrons. The Morgan fingerprint density at radius 1 is 1.50 bits per heavy atom. The predicted molar refractivity (Wildman–Crippen MR) is 77.4 cm³/mol. The minimum absolute atomic E-state index is 0.0193. The molecule has 1 aliphatic heterocycles. The van der Waals surface area contributed by atoms with Crippen LogP contribution in [0.4, 0.5) is 0 Å². The van der Waals surface area contributed by atoms with E-state index in [9.17, 15) is 13.2 Å². The van der Waals surface area contributed by atoms with Crippen LogP contribution in [0.5, 0.6) is 0 Å². The van der Waals surface area contributed by atoms with Crippen molar-refractivity contribution in [2.45, 2.75) is 6.04 Å². The first kappa shape index (κ1) is 15.4. The second-order valence-corrected chi connectivity index (χ2v) is 7.96. The molecule has 20 heavy (non-hydrogen) atoms. The Balaban J connectivity index is 1.99. The van der Waals surface area contributed by atoms with E-state index in [-0.39, 0.29) is 23.6 Å². The minimum atomic E-state index is -3.30. The summed E-state index contributed by atoms with van der Waals surface area (Å²) in [5, 5.41) is 6.44. The Labute approximate surface area is 122 Å². The molecule has 6 nitrogen and oxygen atoms in total. The van der Waals surface area contributed by atoms with Crippen LogP contribution >= 0.6 is 11.3 Å². The summed E-state index contributed by atoms with van der Waals surface area (Å²) >= 11 is 1.45. The van der Waals surface area contributed by atoms with Gasteiger partial charge in [-0.2, -0.15) is 11.3 Å². The average Bonchev–Trinajstić information content (AvgIpc) is 3.00. The molecule has 0 spiro atoms. The molecule has 1 saturated heterocycles. The summed E-state index contributed by atoms with van der Waals surface area (Å²) in [6.45, 7) is 0.700. The molecule has 1 aliphatic rings. The van der Waals surface area contributed by atoms with Crippen molar-refractivity contribution in [3.05, 3.63) is 22.4 Å². The predicted octanol–water partition coefficient (Wildman–Crippen LogP) is 0.384. The molecule has 1 aromatic heterocycles. The Bertz CT molecular complexity index is 554. The van der Waals surface area contributed by atoms with Crippen LogP contribution in [0.3, 0.4) is 0 Å². The molecule has 1 aromatic rings. The molecule has 2 rings (SSSR count). The molecule has 8 heteroatoms. The fourth-order valence-corrected chi connectivity index (χ4v) is 3.79. The number of carbonyl (C=O) groups is 1. The van der Waals surface area contributed by atoms with E-state index < -0.39 is 10.0 Å². The molecular weight excluding hydrogens is 300 g/mol. The van der Waals surface area contributed by atoms with E-state index in [1.807, 2.05) is 5.38 Å². The number of hydrogen-bond acceptors (Lipinski definition) is 5. The van der Waals surface area contributed by atoms with Gasteiger partial charge in [0.25, 0.3) is 5.91 Å². The van der Waals surface area contributed by atoms with E-state index in [0.29, 0.717) is 18.8 Å². The maximum absolute atomic E-state index is 12.0. The number of thiophene rings is 1. The van der Waals surface area contributed by atoms with Gasteiger partial charge in [-0.25, -0.2) is 12.7 Å². The number of ether oxygens (including phenoxy) is 1. The molecule has 0 saturated carbocycles. The number of amides is 1. The molecule has 0 unspecified atom stereocenters. The van der Waals surface area contributed by atoms with Gasteiger partial charge in [-0.05, 0) is 11.4 Å². The van der Waals surface area contributed by atoms with Crippen LogP contribution in [0.1, 0.15) is 10.4 Å². The van der Waals surface area contributed by atoms with Gasteiger partial charge in [-0.3, -0.25) is 4.79 Å². The van der Waals surface area contributed by atoms with Gasteiger partial charge >= 0.3 is 0 Å². The van der Waals surface area contributed by atoms with Crippen LogP contribution in [-0.2, 0) is 14.8 Å². The van der Waals surface area contributed by atoms with E-state index in [1.54, 1.807) is 11.4 Å². The summed E-state index contributed by atoms with van der Waals surface area (Å²) in [5.74, 6) is -0.423. The van der Waals surface area contributed by atoms with Crippen LogP contribution in [-0.4, -0.2) is 57.7 Å². The fourth-order valence-electron chi connectivity index (χ4n) is 1.99. The second kappa shape index (κ2) is 6.21. The van der Waals surface area contributed by atoms with Crippen molar-refractivity contribution in [3.63, 3.8) is 0 Å². The fraction of sp³-hybridized carbons (Fsp3) is 0.583. The average molecular weight is 318 g/mol. The monoisotopic (exact) mass is 318 g/mol. The van der Waals surface area contributed by atoms with Crippen LogP contribution in [0.15, 0.2) is 16.8 Å². The highest BCUT2D eigenvalue weighted by molar-refractivity contribution is 7.89. The number of nitrogens with one attached hydrogen (secondary N) is 1. The molecule has 0 aliphatic carbocycles. The Kier molecular flexibility index (Phi) is 4.79. The van der Waals surface area contributed by atoms with Crippen molar-refractivity contribution in [2.24, 2.45) is 5.92 Å². The van der Waals surface area contributed by atoms with Crippen LogP contribution in [0, 0.1) is 5.92 Å². The van der Waals surface area contributed by atoms with Crippen molar-refractivity contribution in [2.75, 3.05) is 33.1 Å². The second-order valence-electron chi connectivity index (χ2n) is 4.95. The number of nitrogens with zero attached hydrogens (tertiary/aromatic N) is 1. The first-order valence-corrected chi connectivity index (χ1v) is 8.76. The third-order valence-electron chi connectivity index (χ3n) is 3.28. The molecule has 2 heterocycles. The molecule has 0 aromatic carbocycles.